The van der Waals surface area contributed by atoms with E-state index >= 15 is 0 Å². The summed E-state index contributed by atoms with van der Waals surface area (Å²) in [6.07, 6.45) is 6.23. The van der Waals surface area contributed by atoms with Crippen LogP contribution < -0.4 is 0 Å². The first kappa shape index (κ1) is 22.0. The minimum Gasteiger partial charge on any atom is -0.339 e. The molecule has 2 heterocycles. The number of thioether (sulfide) groups is 1. The molecule has 1 amide bonds. The molecule has 6 heteroatoms. The van der Waals surface area contributed by atoms with Gasteiger partial charge in [-0.15, -0.1) is 0 Å². The molecule has 3 aromatic rings. The number of carbonyl (C=O) groups excluding carboxylic acids is 1. The molecule has 1 aliphatic heterocycles. The lowest BCUT2D eigenvalue weighted by atomic mass is 10.0. The maximum Gasteiger partial charge on any atom is 0.233 e. The van der Waals surface area contributed by atoms with E-state index in [0.29, 0.717) is 11.8 Å². The first-order valence-electron chi connectivity index (χ1n) is 10.9. The number of aryl methyl sites for hydroxylation is 1. The van der Waals surface area contributed by atoms with Crippen molar-refractivity contribution in [2.24, 2.45) is 0 Å². The van der Waals surface area contributed by atoms with Crippen molar-refractivity contribution in [2.75, 3.05) is 12.3 Å². The summed E-state index contributed by atoms with van der Waals surface area (Å²) in [6.45, 7) is 3.83. The standard InChI is InChI=1S/C25H28ClN3OS/c1-19-7-5-6-15-28(19)24(30)18-31-25-27-17-23(21-10-12-22(26)13-11-21)29(25)16-14-20-8-3-2-4-9-20/h2-4,8-13,17,19H,5-7,14-16,18H2,1H3/t19-/m0/s1. The van der Waals surface area contributed by atoms with Crippen LogP contribution in [0.25, 0.3) is 11.3 Å². The number of hydrogen-bond donors (Lipinski definition) is 0. The fourth-order valence-electron chi connectivity index (χ4n) is 4.10. The summed E-state index contributed by atoms with van der Waals surface area (Å²) in [6, 6.07) is 18.6. The van der Waals surface area contributed by atoms with Crippen molar-refractivity contribution in [3.05, 3.63) is 71.4 Å². The van der Waals surface area contributed by atoms with Crippen molar-refractivity contribution in [3.63, 3.8) is 0 Å². The molecule has 162 valence electrons. The minimum atomic E-state index is 0.211. The molecule has 31 heavy (non-hydrogen) atoms. The van der Waals surface area contributed by atoms with Crippen LogP contribution in [0.3, 0.4) is 0 Å². The van der Waals surface area contributed by atoms with Crippen LogP contribution in [0.1, 0.15) is 31.7 Å². The van der Waals surface area contributed by atoms with Gasteiger partial charge in [-0.3, -0.25) is 4.79 Å². The Kier molecular flexibility index (Phi) is 7.36. The first-order chi connectivity index (χ1) is 15.1. The zero-order valence-electron chi connectivity index (χ0n) is 17.8. The van der Waals surface area contributed by atoms with Crippen molar-refractivity contribution in [2.45, 2.75) is 50.4 Å². The number of benzene rings is 2. The highest BCUT2D eigenvalue weighted by Crippen LogP contribution is 2.28. The Morgan fingerprint density at radius 2 is 1.90 bits per heavy atom. The van der Waals surface area contributed by atoms with E-state index in [-0.39, 0.29) is 5.91 Å². The lowest BCUT2D eigenvalue weighted by Gasteiger charge is -2.33. The third-order valence-electron chi connectivity index (χ3n) is 5.87. The quantitative estimate of drug-likeness (QED) is 0.415. The number of piperidine rings is 1. The summed E-state index contributed by atoms with van der Waals surface area (Å²) in [5, 5.41) is 1.61. The number of hydrogen-bond acceptors (Lipinski definition) is 3. The molecule has 0 N–H and O–H groups in total. The van der Waals surface area contributed by atoms with Crippen LogP contribution in [0.2, 0.25) is 5.02 Å². The number of aromatic nitrogens is 2. The Morgan fingerprint density at radius 1 is 1.13 bits per heavy atom. The van der Waals surface area contributed by atoms with E-state index < -0.39 is 0 Å². The second-order valence-corrected chi connectivity index (χ2v) is 9.42. The second-order valence-electron chi connectivity index (χ2n) is 8.04. The van der Waals surface area contributed by atoms with Crippen LogP contribution in [0.5, 0.6) is 0 Å². The van der Waals surface area contributed by atoms with E-state index in [2.05, 4.69) is 40.7 Å². The predicted molar refractivity (Wildman–Crippen MR) is 129 cm³/mol. The molecule has 0 aliphatic carbocycles. The average molecular weight is 454 g/mol. The molecule has 0 bridgehead atoms. The summed E-state index contributed by atoms with van der Waals surface area (Å²) in [7, 11) is 0. The molecular weight excluding hydrogens is 426 g/mol. The largest absolute Gasteiger partial charge is 0.339 e. The number of carbonyl (C=O) groups is 1. The summed E-state index contributed by atoms with van der Waals surface area (Å²) < 4.78 is 2.23. The van der Waals surface area contributed by atoms with Crippen LogP contribution in [0, 0.1) is 0 Å². The number of halogens is 1. The Labute approximate surface area is 193 Å². The highest BCUT2D eigenvalue weighted by Gasteiger charge is 2.24. The van der Waals surface area contributed by atoms with Gasteiger partial charge in [0, 0.05) is 24.2 Å². The number of nitrogens with zero attached hydrogens (tertiary/aromatic N) is 3. The SMILES string of the molecule is C[C@H]1CCCCN1C(=O)CSc1ncc(-c2ccc(Cl)cc2)n1CCc1ccccc1. The van der Waals surface area contributed by atoms with Crippen molar-refractivity contribution in [3.8, 4) is 11.3 Å². The van der Waals surface area contributed by atoms with Gasteiger partial charge >= 0.3 is 0 Å². The molecule has 1 atom stereocenters. The van der Waals surface area contributed by atoms with E-state index in [1.807, 2.05) is 41.4 Å². The Balaban J connectivity index is 1.53. The van der Waals surface area contributed by atoms with Gasteiger partial charge in [0.1, 0.15) is 0 Å². The van der Waals surface area contributed by atoms with E-state index in [1.165, 1.54) is 23.7 Å². The van der Waals surface area contributed by atoms with Crippen LogP contribution in [-0.2, 0) is 17.8 Å². The summed E-state index contributed by atoms with van der Waals surface area (Å²) in [4.78, 5) is 19.6. The second kappa shape index (κ2) is 10.4. The fourth-order valence-corrected chi connectivity index (χ4v) is 5.12. The van der Waals surface area contributed by atoms with Crippen LogP contribution in [-0.4, -0.2) is 38.7 Å². The molecule has 0 spiro atoms. The Bertz CT molecular complexity index is 1000. The molecule has 0 saturated carbocycles. The third-order valence-corrected chi connectivity index (χ3v) is 7.10. The third kappa shape index (κ3) is 5.52. The molecule has 1 aliphatic rings. The fraction of sp³-hybridized carbons (Fsp3) is 0.360. The minimum absolute atomic E-state index is 0.211. The highest BCUT2D eigenvalue weighted by molar-refractivity contribution is 7.99. The van der Waals surface area contributed by atoms with Gasteiger partial charge in [-0.1, -0.05) is 65.8 Å². The van der Waals surface area contributed by atoms with Gasteiger partial charge in [0.05, 0.1) is 17.6 Å². The van der Waals surface area contributed by atoms with Crippen molar-refractivity contribution in [1.82, 2.24) is 14.5 Å². The molecule has 1 aromatic heterocycles. The lowest BCUT2D eigenvalue weighted by Crippen LogP contribution is -2.43. The van der Waals surface area contributed by atoms with Gasteiger partial charge in [-0.2, -0.15) is 0 Å². The van der Waals surface area contributed by atoms with E-state index in [1.54, 1.807) is 0 Å². The van der Waals surface area contributed by atoms with E-state index in [9.17, 15) is 4.79 Å². The van der Waals surface area contributed by atoms with Gasteiger partial charge in [0.15, 0.2) is 5.16 Å². The summed E-state index contributed by atoms with van der Waals surface area (Å²) in [5.41, 5.74) is 3.41. The van der Waals surface area contributed by atoms with Gasteiger partial charge in [0.25, 0.3) is 0 Å². The van der Waals surface area contributed by atoms with Crippen molar-refractivity contribution < 1.29 is 4.79 Å². The maximum atomic E-state index is 12.8. The topological polar surface area (TPSA) is 38.1 Å². The Hall–Kier alpha value is -2.24. The number of likely N-dealkylation sites (tertiary alicyclic amines) is 1. The summed E-state index contributed by atoms with van der Waals surface area (Å²) >= 11 is 7.63. The maximum absolute atomic E-state index is 12.8. The van der Waals surface area contributed by atoms with Crippen LogP contribution >= 0.6 is 23.4 Å². The van der Waals surface area contributed by atoms with E-state index in [4.69, 9.17) is 11.6 Å². The monoisotopic (exact) mass is 453 g/mol. The molecule has 4 nitrogen and oxygen atoms in total. The van der Waals surface area contributed by atoms with Gasteiger partial charge in [-0.05, 0) is 55.9 Å². The zero-order valence-corrected chi connectivity index (χ0v) is 19.4. The zero-order chi connectivity index (χ0) is 21.6. The predicted octanol–water partition coefficient (Wildman–Crippen LogP) is 5.94. The van der Waals surface area contributed by atoms with Crippen LogP contribution in [0.4, 0.5) is 0 Å². The van der Waals surface area contributed by atoms with Crippen LogP contribution in [0.15, 0.2) is 66.0 Å². The molecule has 2 aromatic carbocycles. The highest BCUT2D eigenvalue weighted by atomic mass is 35.5. The molecule has 0 radical (unpaired) electrons. The average Bonchev–Trinajstić information content (AvgIpc) is 3.20. The number of amides is 1. The van der Waals surface area contributed by atoms with Gasteiger partial charge in [-0.25, -0.2) is 4.98 Å². The van der Waals surface area contributed by atoms with Gasteiger partial charge < -0.3 is 9.47 Å². The smallest absolute Gasteiger partial charge is 0.233 e. The molecule has 1 fully saturated rings. The summed E-state index contributed by atoms with van der Waals surface area (Å²) in [5.74, 6) is 0.634. The van der Waals surface area contributed by atoms with Gasteiger partial charge in [0.2, 0.25) is 5.91 Å². The van der Waals surface area contributed by atoms with E-state index in [0.717, 1.165) is 53.8 Å². The van der Waals surface area contributed by atoms with Crippen molar-refractivity contribution >= 4 is 29.3 Å². The number of rotatable bonds is 7. The first-order valence-corrected chi connectivity index (χ1v) is 12.3. The molecule has 1 saturated heterocycles. The normalized spacial score (nSPS) is 16.5. The molecule has 0 unspecified atom stereocenters. The number of imidazole rings is 1. The van der Waals surface area contributed by atoms with Crippen molar-refractivity contribution in [1.29, 1.82) is 0 Å². The molecular formula is C25H28ClN3OS. The molecule has 4 rings (SSSR count). The lowest BCUT2D eigenvalue weighted by molar-refractivity contribution is -0.131. The Morgan fingerprint density at radius 3 is 2.65 bits per heavy atom.